The summed E-state index contributed by atoms with van der Waals surface area (Å²) in [7, 11) is -3.17. The maximum absolute atomic E-state index is 11.7. The van der Waals surface area contributed by atoms with Crippen LogP contribution in [0.3, 0.4) is 0 Å². The van der Waals surface area contributed by atoms with E-state index in [0.29, 0.717) is 29.6 Å². The second kappa shape index (κ2) is 6.95. The van der Waals surface area contributed by atoms with Crippen LogP contribution in [0.15, 0.2) is 42.6 Å². The van der Waals surface area contributed by atoms with Crippen molar-refractivity contribution in [2.45, 2.75) is 6.42 Å². The van der Waals surface area contributed by atoms with Crippen molar-refractivity contribution in [2.24, 2.45) is 0 Å². The molecular formula is C19H17Cl2N3O2S. The van der Waals surface area contributed by atoms with E-state index >= 15 is 0 Å². The monoisotopic (exact) mass is 421 g/mol. The molecule has 1 aliphatic rings. The van der Waals surface area contributed by atoms with Gasteiger partial charge in [-0.1, -0.05) is 29.3 Å². The van der Waals surface area contributed by atoms with Gasteiger partial charge in [-0.05, 0) is 53.5 Å². The highest BCUT2D eigenvalue weighted by atomic mass is 35.5. The Hall–Kier alpha value is -1.86. The molecule has 0 saturated heterocycles. The number of halogens is 2. The van der Waals surface area contributed by atoms with Gasteiger partial charge in [0.1, 0.15) is 5.65 Å². The van der Waals surface area contributed by atoms with Crippen LogP contribution >= 0.6 is 23.2 Å². The number of fused-ring (bicyclic) bond motifs is 1. The summed E-state index contributed by atoms with van der Waals surface area (Å²) in [5.74, 6) is 0. The van der Waals surface area contributed by atoms with Crippen molar-refractivity contribution in [3.63, 3.8) is 0 Å². The highest BCUT2D eigenvalue weighted by Gasteiger charge is 2.21. The maximum atomic E-state index is 11.7. The van der Waals surface area contributed by atoms with Crippen molar-refractivity contribution in [1.29, 1.82) is 0 Å². The van der Waals surface area contributed by atoms with E-state index in [1.807, 2.05) is 24.3 Å². The molecule has 4 rings (SSSR count). The third kappa shape index (κ3) is 3.75. The minimum absolute atomic E-state index is 0.383. The average molecular weight is 422 g/mol. The van der Waals surface area contributed by atoms with Gasteiger partial charge >= 0.3 is 0 Å². The van der Waals surface area contributed by atoms with E-state index in [9.17, 15) is 8.42 Å². The molecule has 0 aliphatic carbocycles. The first kappa shape index (κ1) is 18.5. The minimum Gasteiger partial charge on any atom is -0.339 e. The fourth-order valence-corrected chi connectivity index (χ4v) is 4.65. The Balaban J connectivity index is 1.75. The lowest BCUT2D eigenvalue weighted by Crippen LogP contribution is -2.33. The van der Waals surface area contributed by atoms with Crippen LogP contribution in [-0.2, 0) is 10.0 Å². The quantitative estimate of drug-likeness (QED) is 0.672. The zero-order valence-corrected chi connectivity index (χ0v) is 16.9. The lowest BCUT2D eigenvalue weighted by molar-refractivity contribution is 0.445. The molecule has 0 amide bonds. The molecule has 8 heteroatoms. The minimum atomic E-state index is -3.17. The average Bonchev–Trinajstić information content (AvgIpc) is 3.04. The number of nitrogens with zero attached hydrogens (tertiary/aromatic N) is 2. The number of rotatable bonds is 3. The Labute approximate surface area is 167 Å². The Morgan fingerprint density at radius 1 is 1.15 bits per heavy atom. The van der Waals surface area contributed by atoms with Gasteiger partial charge in [-0.2, -0.15) is 4.31 Å². The van der Waals surface area contributed by atoms with Gasteiger partial charge in [0.2, 0.25) is 10.0 Å². The second-order valence-corrected chi connectivity index (χ2v) is 9.42. The molecule has 140 valence electrons. The largest absolute Gasteiger partial charge is 0.339 e. The number of hydrogen-bond acceptors (Lipinski definition) is 3. The van der Waals surface area contributed by atoms with Crippen molar-refractivity contribution in [3.8, 4) is 11.1 Å². The maximum Gasteiger partial charge on any atom is 0.211 e. The van der Waals surface area contributed by atoms with Gasteiger partial charge in [0.25, 0.3) is 0 Å². The summed E-state index contributed by atoms with van der Waals surface area (Å²) in [6, 6.07) is 9.43. The zero-order valence-electron chi connectivity index (χ0n) is 14.5. The molecule has 0 radical (unpaired) electrons. The van der Waals surface area contributed by atoms with E-state index in [1.165, 1.54) is 10.6 Å². The Kier molecular flexibility index (Phi) is 4.76. The van der Waals surface area contributed by atoms with Crippen LogP contribution < -0.4 is 0 Å². The molecule has 0 atom stereocenters. The number of benzene rings is 1. The highest BCUT2D eigenvalue weighted by molar-refractivity contribution is 7.88. The first-order valence-corrected chi connectivity index (χ1v) is 11.0. The van der Waals surface area contributed by atoms with Crippen molar-refractivity contribution >= 4 is 49.8 Å². The van der Waals surface area contributed by atoms with Gasteiger partial charge < -0.3 is 4.98 Å². The van der Waals surface area contributed by atoms with Gasteiger partial charge in [0.05, 0.1) is 6.26 Å². The molecule has 0 saturated carbocycles. The molecule has 1 aromatic carbocycles. The summed E-state index contributed by atoms with van der Waals surface area (Å²) >= 11 is 12.3. The summed E-state index contributed by atoms with van der Waals surface area (Å²) < 4.78 is 24.8. The molecule has 5 nitrogen and oxygen atoms in total. The molecular weight excluding hydrogens is 405 g/mol. The molecule has 0 spiro atoms. The summed E-state index contributed by atoms with van der Waals surface area (Å²) in [5, 5.41) is 2.13. The van der Waals surface area contributed by atoms with E-state index < -0.39 is 10.0 Å². The van der Waals surface area contributed by atoms with Crippen LogP contribution in [0.4, 0.5) is 0 Å². The van der Waals surface area contributed by atoms with Crippen molar-refractivity contribution in [1.82, 2.24) is 14.3 Å². The van der Waals surface area contributed by atoms with E-state index in [-0.39, 0.29) is 0 Å². The van der Waals surface area contributed by atoms with Crippen LogP contribution in [0.25, 0.3) is 27.7 Å². The second-order valence-electron chi connectivity index (χ2n) is 6.56. The fraction of sp³-hybridized carbons (Fsp3) is 0.211. The van der Waals surface area contributed by atoms with Crippen LogP contribution in [0, 0.1) is 0 Å². The smallest absolute Gasteiger partial charge is 0.211 e. The van der Waals surface area contributed by atoms with E-state index in [0.717, 1.165) is 33.4 Å². The van der Waals surface area contributed by atoms with Crippen molar-refractivity contribution in [2.75, 3.05) is 19.3 Å². The lowest BCUT2D eigenvalue weighted by Gasteiger charge is -2.23. The van der Waals surface area contributed by atoms with Gasteiger partial charge in [0.15, 0.2) is 0 Å². The predicted molar refractivity (Wildman–Crippen MR) is 111 cm³/mol. The number of hydrogen-bond donors (Lipinski definition) is 1. The first-order chi connectivity index (χ1) is 12.8. The van der Waals surface area contributed by atoms with Crippen molar-refractivity contribution in [3.05, 3.63) is 58.3 Å². The number of sulfonamides is 1. The number of aromatic amines is 1. The molecule has 1 aliphatic heterocycles. The molecule has 3 aromatic rings. The Bertz CT molecular complexity index is 1150. The van der Waals surface area contributed by atoms with Crippen LogP contribution in [0.5, 0.6) is 0 Å². The van der Waals surface area contributed by atoms with Gasteiger partial charge in [0, 0.05) is 40.4 Å². The van der Waals surface area contributed by atoms with Crippen LogP contribution in [0.2, 0.25) is 10.0 Å². The van der Waals surface area contributed by atoms with Crippen LogP contribution in [0.1, 0.15) is 12.1 Å². The Morgan fingerprint density at radius 2 is 1.89 bits per heavy atom. The van der Waals surface area contributed by atoms with Gasteiger partial charge in [-0.3, -0.25) is 0 Å². The van der Waals surface area contributed by atoms with Crippen LogP contribution in [-0.4, -0.2) is 42.0 Å². The third-order valence-electron chi connectivity index (χ3n) is 4.69. The number of nitrogens with one attached hydrogen (secondary N) is 1. The zero-order chi connectivity index (χ0) is 19.2. The lowest BCUT2D eigenvalue weighted by atomic mass is 10.0. The summed E-state index contributed by atoms with van der Waals surface area (Å²) in [5.41, 5.74) is 4.71. The molecule has 0 bridgehead atoms. The molecule has 0 unspecified atom stereocenters. The number of H-pyrrole nitrogens is 1. The molecule has 2 aromatic heterocycles. The fourth-order valence-electron chi connectivity index (χ4n) is 3.36. The SMILES string of the molecule is CS(=O)(=O)N1CC=C(c2cc3c(-c4cc(Cl)cc(Cl)c4)ccnc3[nH]2)CC1. The summed E-state index contributed by atoms with van der Waals surface area (Å²) in [4.78, 5) is 7.77. The molecule has 3 heterocycles. The van der Waals surface area contributed by atoms with Crippen molar-refractivity contribution < 1.29 is 8.42 Å². The summed E-state index contributed by atoms with van der Waals surface area (Å²) in [6.07, 6.45) is 5.58. The van der Waals surface area contributed by atoms with E-state index in [2.05, 4.69) is 16.0 Å². The van der Waals surface area contributed by atoms with E-state index in [1.54, 1.807) is 12.3 Å². The topological polar surface area (TPSA) is 66.1 Å². The van der Waals surface area contributed by atoms with E-state index in [4.69, 9.17) is 23.2 Å². The number of aromatic nitrogens is 2. The number of pyridine rings is 1. The highest BCUT2D eigenvalue weighted by Crippen LogP contribution is 2.34. The molecule has 27 heavy (non-hydrogen) atoms. The Morgan fingerprint density at radius 3 is 2.52 bits per heavy atom. The predicted octanol–water partition coefficient (Wildman–Crippen LogP) is 4.59. The molecule has 1 N–H and O–H groups in total. The third-order valence-corrected chi connectivity index (χ3v) is 6.40. The summed E-state index contributed by atoms with van der Waals surface area (Å²) in [6.45, 7) is 0.859. The first-order valence-electron chi connectivity index (χ1n) is 8.40. The standard InChI is InChI=1S/C19H17Cl2N3O2S/c1-27(25,26)24-6-3-12(4-7-24)18-11-17-16(2-5-22-19(17)23-18)13-8-14(20)10-15(21)9-13/h2-3,5,8-11H,4,6-7H2,1H3,(H,22,23). The molecule has 0 fully saturated rings. The van der Waals surface area contributed by atoms with Gasteiger partial charge in [-0.15, -0.1) is 0 Å². The van der Waals surface area contributed by atoms with Gasteiger partial charge in [-0.25, -0.2) is 13.4 Å². The normalized spacial score (nSPS) is 15.9.